The summed E-state index contributed by atoms with van der Waals surface area (Å²) in [5.41, 5.74) is 1.89. The van der Waals surface area contributed by atoms with Gasteiger partial charge in [0.1, 0.15) is 0 Å². The molecule has 0 saturated carbocycles. The van der Waals surface area contributed by atoms with E-state index < -0.39 is 5.97 Å². The average Bonchev–Trinajstić information content (AvgIpc) is 2.43. The SMILES string of the molecule is CC(C)=CCNC(=O)N(CCCC(=O)O)c1ccccc1. The van der Waals surface area contributed by atoms with Gasteiger partial charge in [0.25, 0.3) is 0 Å². The average molecular weight is 290 g/mol. The monoisotopic (exact) mass is 290 g/mol. The third-order valence-corrected chi connectivity index (χ3v) is 2.85. The van der Waals surface area contributed by atoms with Gasteiger partial charge < -0.3 is 10.4 Å². The number of carbonyl (C=O) groups excluding carboxylic acids is 1. The molecule has 0 atom stereocenters. The van der Waals surface area contributed by atoms with Crippen LogP contribution in [-0.2, 0) is 4.79 Å². The lowest BCUT2D eigenvalue weighted by atomic mass is 10.2. The van der Waals surface area contributed by atoms with Crippen molar-refractivity contribution in [3.63, 3.8) is 0 Å². The molecule has 0 bridgehead atoms. The van der Waals surface area contributed by atoms with Crippen molar-refractivity contribution in [2.24, 2.45) is 0 Å². The third-order valence-electron chi connectivity index (χ3n) is 2.85. The van der Waals surface area contributed by atoms with Crippen molar-refractivity contribution >= 4 is 17.7 Å². The van der Waals surface area contributed by atoms with Crippen molar-refractivity contribution in [3.05, 3.63) is 42.0 Å². The number of urea groups is 1. The van der Waals surface area contributed by atoms with Crippen LogP contribution >= 0.6 is 0 Å². The van der Waals surface area contributed by atoms with Crippen LogP contribution in [0.5, 0.6) is 0 Å². The lowest BCUT2D eigenvalue weighted by molar-refractivity contribution is -0.137. The number of rotatable bonds is 7. The molecule has 2 amide bonds. The molecule has 114 valence electrons. The molecule has 1 aromatic rings. The fraction of sp³-hybridized carbons (Fsp3) is 0.375. The Hall–Kier alpha value is -2.30. The minimum absolute atomic E-state index is 0.0462. The largest absolute Gasteiger partial charge is 0.481 e. The van der Waals surface area contributed by atoms with Crippen molar-refractivity contribution in [2.75, 3.05) is 18.0 Å². The maximum absolute atomic E-state index is 12.2. The number of allylic oxidation sites excluding steroid dienone is 1. The van der Waals surface area contributed by atoms with E-state index in [9.17, 15) is 9.59 Å². The highest BCUT2D eigenvalue weighted by Crippen LogP contribution is 2.14. The molecule has 0 fully saturated rings. The van der Waals surface area contributed by atoms with Crippen LogP contribution in [0.1, 0.15) is 26.7 Å². The lowest BCUT2D eigenvalue weighted by Crippen LogP contribution is -2.41. The Bertz CT molecular complexity index is 494. The first-order valence-corrected chi connectivity index (χ1v) is 6.96. The molecule has 0 spiro atoms. The van der Waals surface area contributed by atoms with E-state index in [-0.39, 0.29) is 12.5 Å². The normalized spacial score (nSPS) is 9.81. The van der Waals surface area contributed by atoms with Crippen LogP contribution in [0.2, 0.25) is 0 Å². The minimum atomic E-state index is -0.854. The number of carboxylic acid groups (broad SMARTS) is 1. The first-order chi connectivity index (χ1) is 10.0. The number of benzene rings is 1. The molecule has 0 aromatic heterocycles. The van der Waals surface area contributed by atoms with Crippen LogP contribution in [0.25, 0.3) is 0 Å². The molecule has 1 rings (SSSR count). The first kappa shape index (κ1) is 16.8. The zero-order valence-electron chi connectivity index (χ0n) is 12.5. The smallest absolute Gasteiger partial charge is 0.322 e. The highest BCUT2D eigenvalue weighted by molar-refractivity contribution is 5.92. The molecule has 0 aliphatic carbocycles. The third kappa shape index (κ3) is 6.61. The number of anilines is 1. The van der Waals surface area contributed by atoms with Crippen LogP contribution in [0, 0.1) is 0 Å². The van der Waals surface area contributed by atoms with Crippen LogP contribution in [-0.4, -0.2) is 30.2 Å². The van der Waals surface area contributed by atoms with Crippen molar-refractivity contribution in [2.45, 2.75) is 26.7 Å². The van der Waals surface area contributed by atoms with Gasteiger partial charge in [-0.3, -0.25) is 9.69 Å². The lowest BCUT2D eigenvalue weighted by Gasteiger charge is -2.22. The number of aliphatic carboxylic acids is 1. The van der Waals surface area contributed by atoms with Crippen LogP contribution in [0.3, 0.4) is 0 Å². The molecular formula is C16H22N2O3. The van der Waals surface area contributed by atoms with Gasteiger partial charge in [-0.2, -0.15) is 0 Å². The summed E-state index contributed by atoms with van der Waals surface area (Å²) in [6, 6.07) is 9.03. The topological polar surface area (TPSA) is 69.6 Å². The van der Waals surface area contributed by atoms with Gasteiger partial charge in [0, 0.05) is 25.2 Å². The molecule has 0 heterocycles. The molecule has 2 N–H and O–H groups in total. The van der Waals surface area contributed by atoms with Gasteiger partial charge in [-0.25, -0.2) is 4.79 Å². The predicted molar refractivity (Wildman–Crippen MR) is 83.5 cm³/mol. The summed E-state index contributed by atoms with van der Waals surface area (Å²) in [6.45, 7) is 4.77. The number of para-hydroxylation sites is 1. The minimum Gasteiger partial charge on any atom is -0.481 e. The Labute approximate surface area is 125 Å². The fourth-order valence-electron chi connectivity index (χ4n) is 1.78. The summed E-state index contributed by atoms with van der Waals surface area (Å²) in [7, 11) is 0. The Balaban J connectivity index is 2.69. The number of hydrogen-bond acceptors (Lipinski definition) is 2. The van der Waals surface area contributed by atoms with E-state index in [2.05, 4.69) is 5.32 Å². The van der Waals surface area contributed by atoms with E-state index in [1.165, 1.54) is 0 Å². The summed E-state index contributed by atoms with van der Waals surface area (Å²) in [4.78, 5) is 24.4. The quantitative estimate of drug-likeness (QED) is 0.758. The summed E-state index contributed by atoms with van der Waals surface area (Å²) in [5.74, 6) is -0.854. The van der Waals surface area contributed by atoms with Gasteiger partial charge in [0.15, 0.2) is 0 Å². The summed E-state index contributed by atoms with van der Waals surface area (Å²) < 4.78 is 0. The second-order valence-electron chi connectivity index (χ2n) is 4.95. The van der Waals surface area contributed by atoms with Crippen molar-refractivity contribution < 1.29 is 14.7 Å². The molecule has 1 aromatic carbocycles. The first-order valence-electron chi connectivity index (χ1n) is 6.96. The van der Waals surface area contributed by atoms with Crippen LogP contribution in [0.15, 0.2) is 42.0 Å². The number of carboxylic acids is 1. The highest BCUT2D eigenvalue weighted by atomic mass is 16.4. The zero-order valence-corrected chi connectivity index (χ0v) is 12.5. The van der Waals surface area contributed by atoms with Gasteiger partial charge in [-0.05, 0) is 32.4 Å². The van der Waals surface area contributed by atoms with Crippen molar-refractivity contribution in [1.29, 1.82) is 0 Å². The Morgan fingerprint density at radius 2 is 1.90 bits per heavy atom. The number of carbonyl (C=O) groups is 2. The highest BCUT2D eigenvalue weighted by Gasteiger charge is 2.14. The molecule has 0 aliphatic heterocycles. The second-order valence-corrected chi connectivity index (χ2v) is 4.95. The van der Waals surface area contributed by atoms with Gasteiger partial charge in [-0.15, -0.1) is 0 Å². The summed E-state index contributed by atoms with van der Waals surface area (Å²) in [5, 5.41) is 11.5. The van der Waals surface area contributed by atoms with E-state index in [1.807, 2.05) is 50.3 Å². The van der Waals surface area contributed by atoms with Gasteiger partial charge >= 0.3 is 12.0 Å². The molecule has 21 heavy (non-hydrogen) atoms. The fourth-order valence-corrected chi connectivity index (χ4v) is 1.78. The number of nitrogens with one attached hydrogen (secondary N) is 1. The van der Waals surface area contributed by atoms with Crippen LogP contribution < -0.4 is 10.2 Å². The van der Waals surface area contributed by atoms with Crippen LogP contribution in [0.4, 0.5) is 10.5 Å². The van der Waals surface area contributed by atoms with E-state index in [0.717, 1.165) is 11.3 Å². The van der Waals surface area contributed by atoms with Gasteiger partial charge in [0.05, 0.1) is 0 Å². The molecule has 0 saturated heterocycles. The maximum Gasteiger partial charge on any atom is 0.322 e. The van der Waals surface area contributed by atoms with E-state index in [1.54, 1.807) is 4.90 Å². The summed E-state index contributed by atoms with van der Waals surface area (Å²) >= 11 is 0. The molecule has 5 nitrogen and oxygen atoms in total. The zero-order chi connectivity index (χ0) is 15.7. The van der Waals surface area contributed by atoms with E-state index in [0.29, 0.717) is 19.5 Å². The number of nitrogens with zero attached hydrogens (tertiary/aromatic N) is 1. The molecular weight excluding hydrogens is 268 g/mol. The predicted octanol–water partition coefficient (Wildman–Crippen LogP) is 3.03. The van der Waals surface area contributed by atoms with Crippen molar-refractivity contribution in [3.8, 4) is 0 Å². The van der Waals surface area contributed by atoms with Crippen molar-refractivity contribution in [1.82, 2.24) is 5.32 Å². The standard InChI is InChI=1S/C16H22N2O3/c1-13(2)10-11-17-16(21)18(12-6-9-15(19)20)14-7-4-3-5-8-14/h3-5,7-8,10H,6,9,11-12H2,1-2H3,(H,17,21)(H,19,20). The van der Waals surface area contributed by atoms with E-state index in [4.69, 9.17) is 5.11 Å². The Kier molecular flexibility index (Phi) is 7.01. The molecule has 0 radical (unpaired) electrons. The van der Waals surface area contributed by atoms with Gasteiger partial charge in [-0.1, -0.05) is 29.8 Å². The number of amides is 2. The Morgan fingerprint density at radius 1 is 1.24 bits per heavy atom. The maximum atomic E-state index is 12.2. The second kappa shape index (κ2) is 8.79. The van der Waals surface area contributed by atoms with E-state index >= 15 is 0 Å². The Morgan fingerprint density at radius 3 is 2.48 bits per heavy atom. The molecule has 0 aliphatic rings. The molecule has 5 heteroatoms. The number of hydrogen-bond donors (Lipinski definition) is 2. The summed E-state index contributed by atoms with van der Waals surface area (Å²) in [6.07, 6.45) is 2.39. The van der Waals surface area contributed by atoms with Gasteiger partial charge in [0.2, 0.25) is 0 Å². The molecule has 0 unspecified atom stereocenters.